The van der Waals surface area contributed by atoms with E-state index in [9.17, 15) is 0 Å². The van der Waals surface area contributed by atoms with Crippen molar-refractivity contribution in [3.05, 3.63) is 54.1 Å². The maximum atomic E-state index is 4.48. The van der Waals surface area contributed by atoms with Crippen molar-refractivity contribution < 1.29 is 0 Å². The van der Waals surface area contributed by atoms with E-state index in [2.05, 4.69) is 56.4 Å². The quantitative estimate of drug-likeness (QED) is 0.414. The topological polar surface area (TPSA) is 54.2 Å². The molecule has 5 nitrogen and oxygen atoms in total. The Kier molecular flexibility index (Phi) is 7.08. The predicted molar refractivity (Wildman–Crippen MR) is 109 cm³/mol. The number of hydrogen-bond acceptors (Lipinski definition) is 2. The molecule has 1 saturated carbocycles. The van der Waals surface area contributed by atoms with Gasteiger partial charge in [0.2, 0.25) is 0 Å². The maximum absolute atomic E-state index is 4.48. The molecule has 1 aliphatic rings. The lowest BCUT2D eigenvalue weighted by molar-refractivity contribution is 0.690. The lowest BCUT2D eigenvalue weighted by Crippen LogP contribution is -2.40. The molecular formula is C18H26IN5. The number of imidazole rings is 1. The first-order valence-corrected chi connectivity index (χ1v) is 8.27. The molecule has 0 radical (unpaired) electrons. The Morgan fingerprint density at radius 1 is 1.33 bits per heavy atom. The molecule has 1 aliphatic carbocycles. The second-order valence-corrected chi connectivity index (χ2v) is 6.17. The molecule has 1 aromatic carbocycles. The van der Waals surface area contributed by atoms with Gasteiger partial charge in [-0.3, -0.25) is 4.99 Å². The van der Waals surface area contributed by atoms with E-state index in [1.807, 2.05) is 25.5 Å². The molecule has 2 atom stereocenters. The van der Waals surface area contributed by atoms with Crippen LogP contribution in [0.5, 0.6) is 0 Å². The summed E-state index contributed by atoms with van der Waals surface area (Å²) in [6.45, 7) is 3.95. The first kappa shape index (κ1) is 18.8. The average Bonchev–Trinajstić information content (AvgIpc) is 3.08. The molecule has 0 saturated heterocycles. The van der Waals surface area contributed by atoms with E-state index in [1.54, 1.807) is 0 Å². The number of aromatic nitrogens is 2. The highest BCUT2D eigenvalue weighted by Crippen LogP contribution is 2.28. The Bertz CT molecular complexity index is 652. The molecule has 2 unspecified atom stereocenters. The minimum atomic E-state index is 0. The third-order valence-electron chi connectivity index (χ3n) is 4.29. The molecule has 1 fully saturated rings. The van der Waals surface area contributed by atoms with Gasteiger partial charge >= 0.3 is 0 Å². The van der Waals surface area contributed by atoms with Crippen LogP contribution in [0.1, 0.15) is 24.7 Å². The summed E-state index contributed by atoms with van der Waals surface area (Å²) < 4.78 is 2.20. The normalized spacial score (nSPS) is 19.5. The van der Waals surface area contributed by atoms with Crippen LogP contribution in [0.3, 0.4) is 0 Å². The van der Waals surface area contributed by atoms with Gasteiger partial charge < -0.3 is 15.2 Å². The molecule has 2 N–H and O–H groups in total. The maximum Gasteiger partial charge on any atom is 0.191 e. The number of nitrogens with zero attached hydrogens (tertiary/aromatic N) is 3. The van der Waals surface area contributed by atoms with Gasteiger partial charge in [0.05, 0.1) is 0 Å². The zero-order chi connectivity index (χ0) is 16.1. The summed E-state index contributed by atoms with van der Waals surface area (Å²) >= 11 is 0. The molecule has 0 bridgehead atoms. The Morgan fingerprint density at radius 3 is 2.75 bits per heavy atom. The number of aliphatic imine (C=N–C) groups is 1. The van der Waals surface area contributed by atoms with Crippen LogP contribution in [-0.4, -0.2) is 35.1 Å². The van der Waals surface area contributed by atoms with Crippen LogP contribution in [0.2, 0.25) is 0 Å². The van der Waals surface area contributed by atoms with Crippen LogP contribution < -0.4 is 10.6 Å². The van der Waals surface area contributed by atoms with E-state index in [0.717, 1.165) is 37.2 Å². The van der Waals surface area contributed by atoms with Crippen LogP contribution >= 0.6 is 24.0 Å². The Morgan fingerprint density at radius 2 is 2.08 bits per heavy atom. The number of halogens is 1. The minimum absolute atomic E-state index is 0. The van der Waals surface area contributed by atoms with Crippen LogP contribution in [0, 0.1) is 5.92 Å². The van der Waals surface area contributed by atoms with Gasteiger partial charge in [0.1, 0.15) is 5.82 Å². The van der Waals surface area contributed by atoms with Crippen molar-refractivity contribution >= 4 is 29.9 Å². The summed E-state index contributed by atoms with van der Waals surface area (Å²) in [5.41, 5.74) is 1.29. The Hall–Kier alpha value is -1.57. The van der Waals surface area contributed by atoms with E-state index in [4.69, 9.17) is 0 Å². The molecule has 0 amide bonds. The molecule has 1 heterocycles. The van der Waals surface area contributed by atoms with Gasteiger partial charge in [-0.05, 0) is 17.9 Å². The zero-order valence-electron chi connectivity index (χ0n) is 14.3. The summed E-state index contributed by atoms with van der Waals surface area (Å²) in [6, 6.07) is 11.1. The number of rotatable bonds is 6. The average molecular weight is 439 g/mol. The van der Waals surface area contributed by atoms with Gasteiger partial charge in [-0.25, -0.2) is 4.98 Å². The van der Waals surface area contributed by atoms with E-state index in [0.29, 0.717) is 6.04 Å². The van der Waals surface area contributed by atoms with Crippen molar-refractivity contribution in [1.29, 1.82) is 0 Å². The Labute approximate surface area is 161 Å². The van der Waals surface area contributed by atoms with Gasteiger partial charge in [-0.15, -0.1) is 24.0 Å². The van der Waals surface area contributed by atoms with Crippen molar-refractivity contribution in [2.45, 2.75) is 32.4 Å². The lowest BCUT2D eigenvalue weighted by Gasteiger charge is -2.12. The summed E-state index contributed by atoms with van der Waals surface area (Å²) in [6.07, 6.45) is 6.03. The van der Waals surface area contributed by atoms with Gasteiger partial charge in [-0.1, -0.05) is 37.3 Å². The summed E-state index contributed by atoms with van der Waals surface area (Å²) in [7, 11) is 1.82. The zero-order valence-corrected chi connectivity index (χ0v) is 16.6. The Balaban J connectivity index is 0.00000208. The molecule has 3 rings (SSSR count). The molecule has 0 aliphatic heterocycles. The summed E-state index contributed by atoms with van der Waals surface area (Å²) in [5, 5.41) is 6.81. The lowest BCUT2D eigenvalue weighted by atomic mass is 10.2. The van der Waals surface area contributed by atoms with Crippen LogP contribution in [0.25, 0.3) is 0 Å². The van der Waals surface area contributed by atoms with E-state index in [1.165, 1.54) is 12.0 Å². The summed E-state index contributed by atoms with van der Waals surface area (Å²) in [5.74, 6) is 2.75. The second-order valence-electron chi connectivity index (χ2n) is 6.17. The predicted octanol–water partition coefficient (Wildman–Crippen LogP) is 2.67. The van der Waals surface area contributed by atoms with E-state index < -0.39 is 0 Å². The molecule has 1 aromatic heterocycles. The van der Waals surface area contributed by atoms with Crippen molar-refractivity contribution in [1.82, 2.24) is 20.2 Å². The SMILES string of the molecule is CN=C(NCCc1nccn1Cc1ccccc1)NC1CC1C.I. The monoisotopic (exact) mass is 439 g/mol. The fraction of sp³-hybridized carbons (Fsp3) is 0.444. The van der Waals surface area contributed by atoms with Crippen LogP contribution in [-0.2, 0) is 13.0 Å². The smallest absolute Gasteiger partial charge is 0.191 e. The molecule has 130 valence electrons. The van der Waals surface area contributed by atoms with Gasteiger partial charge in [0.25, 0.3) is 0 Å². The number of benzene rings is 1. The highest BCUT2D eigenvalue weighted by atomic mass is 127. The minimum Gasteiger partial charge on any atom is -0.356 e. The standard InChI is InChI=1S/C18H25N5.HI/c1-14-12-16(14)22-18(19-2)21-9-8-17-20-10-11-23(17)13-15-6-4-3-5-7-15;/h3-7,10-11,14,16H,8-9,12-13H2,1-2H3,(H2,19,21,22);1H. The molecule has 0 spiro atoms. The third kappa shape index (κ3) is 5.22. The number of hydrogen-bond donors (Lipinski definition) is 2. The fourth-order valence-corrected chi connectivity index (χ4v) is 2.68. The van der Waals surface area contributed by atoms with E-state index in [-0.39, 0.29) is 24.0 Å². The van der Waals surface area contributed by atoms with Crippen LogP contribution in [0.4, 0.5) is 0 Å². The van der Waals surface area contributed by atoms with Crippen LogP contribution in [0.15, 0.2) is 47.7 Å². The molecule has 2 aromatic rings. The van der Waals surface area contributed by atoms with E-state index >= 15 is 0 Å². The molecular weight excluding hydrogens is 413 g/mol. The molecule has 6 heteroatoms. The largest absolute Gasteiger partial charge is 0.356 e. The molecule has 24 heavy (non-hydrogen) atoms. The van der Waals surface area contributed by atoms with Crippen molar-refractivity contribution in [3.8, 4) is 0 Å². The van der Waals surface area contributed by atoms with Crippen molar-refractivity contribution in [2.75, 3.05) is 13.6 Å². The first-order chi connectivity index (χ1) is 11.3. The first-order valence-electron chi connectivity index (χ1n) is 8.27. The van der Waals surface area contributed by atoms with Crippen molar-refractivity contribution in [2.24, 2.45) is 10.9 Å². The second kappa shape index (κ2) is 9.05. The fourth-order valence-electron chi connectivity index (χ4n) is 2.68. The highest BCUT2D eigenvalue weighted by Gasteiger charge is 2.33. The number of guanidine groups is 1. The van der Waals surface area contributed by atoms with Gasteiger partial charge in [0, 0.05) is 45.0 Å². The van der Waals surface area contributed by atoms with Gasteiger partial charge in [-0.2, -0.15) is 0 Å². The van der Waals surface area contributed by atoms with Gasteiger partial charge in [0.15, 0.2) is 5.96 Å². The summed E-state index contributed by atoms with van der Waals surface area (Å²) in [4.78, 5) is 8.76. The number of nitrogens with one attached hydrogen (secondary N) is 2. The third-order valence-corrected chi connectivity index (χ3v) is 4.29. The van der Waals surface area contributed by atoms with Crippen molar-refractivity contribution in [3.63, 3.8) is 0 Å². The highest BCUT2D eigenvalue weighted by molar-refractivity contribution is 14.0.